The van der Waals surface area contributed by atoms with Gasteiger partial charge in [-0.05, 0) is 36.8 Å². The fourth-order valence-corrected chi connectivity index (χ4v) is 1.15. The Balaban J connectivity index is 3.42. The monoisotopic (exact) mass is 213 g/mol. The van der Waals surface area contributed by atoms with Crippen LogP contribution in [0.2, 0.25) is 0 Å². The van der Waals surface area contributed by atoms with Crippen LogP contribution in [-0.4, -0.2) is 11.1 Å². The zero-order chi connectivity index (χ0) is 12.0. The van der Waals surface area contributed by atoms with Crippen LogP contribution in [0.15, 0.2) is 42.5 Å². The number of aryl methyl sites for hydroxylation is 1. The van der Waals surface area contributed by atoms with Crippen LogP contribution in [0.1, 0.15) is 21.5 Å². The maximum atomic E-state index is 10.8. The summed E-state index contributed by atoms with van der Waals surface area (Å²) in [4.78, 5) is 10.8. The molecule has 80 valence electrons. The summed E-state index contributed by atoms with van der Waals surface area (Å²) in [6, 6.07) is 13.3. The van der Waals surface area contributed by atoms with Gasteiger partial charge in [0.05, 0.1) is 17.2 Å². The average molecular weight is 213 g/mol. The van der Waals surface area contributed by atoms with E-state index in [4.69, 9.17) is 10.4 Å². The van der Waals surface area contributed by atoms with Crippen LogP contribution in [0.25, 0.3) is 0 Å². The number of nitriles is 1. The molecule has 0 aliphatic carbocycles. The summed E-state index contributed by atoms with van der Waals surface area (Å²) >= 11 is 0. The molecule has 0 saturated heterocycles. The summed E-state index contributed by atoms with van der Waals surface area (Å²) < 4.78 is 0. The average Bonchev–Trinajstić information content (AvgIpc) is 2.26. The molecule has 1 aromatic rings. The van der Waals surface area contributed by atoms with Crippen LogP contribution >= 0.6 is 0 Å². The molecule has 0 aliphatic heterocycles. The Kier molecular flexibility index (Phi) is 4.05. The van der Waals surface area contributed by atoms with E-state index in [0.29, 0.717) is 5.56 Å². The second-order valence-corrected chi connectivity index (χ2v) is 3.27. The molecule has 1 rings (SSSR count). The van der Waals surface area contributed by atoms with Crippen molar-refractivity contribution in [3.05, 3.63) is 59.2 Å². The largest absolute Gasteiger partial charge is 0.478 e. The quantitative estimate of drug-likeness (QED) is 0.780. The van der Waals surface area contributed by atoms with Gasteiger partial charge in [0.2, 0.25) is 0 Å². The summed E-state index contributed by atoms with van der Waals surface area (Å²) in [5, 5.41) is 17.7. The second-order valence-electron chi connectivity index (χ2n) is 3.27. The summed E-state index contributed by atoms with van der Waals surface area (Å²) in [7, 11) is 0. The molecule has 1 N–H and O–H groups in total. The lowest BCUT2D eigenvalue weighted by Crippen LogP contribution is -1.93. The van der Waals surface area contributed by atoms with E-state index in [9.17, 15) is 4.79 Å². The third-order valence-corrected chi connectivity index (χ3v) is 1.95. The summed E-state index contributed by atoms with van der Waals surface area (Å²) in [6.07, 6.45) is 0. The molecule has 3 nitrogen and oxygen atoms in total. The Labute approximate surface area is 93.9 Å². The van der Waals surface area contributed by atoms with Crippen LogP contribution in [0.3, 0.4) is 0 Å². The fraction of sp³-hybridized carbons (Fsp3) is 0.0769. The first-order valence-corrected chi connectivity index (χ1v) is 4.72. The first-order valence-electron chi connectivity index (χ1n) is 4.72. The lowest BCUT2D eigenvalue weighted by Gasteiger charge is -1.90. The molecule has 16 heavy (non-hydrogen) atoms. The molecular weight excluding hydrogens is 202 g/mol. The van der Waals surface area contributed by atoms with Crippen LogP contribution in [0.4, 0.5) is 0 Å². The van der Waals surface area contributed by atoms with Gasteiger partial charge in [-0.3, -0.25) is 0 Å². The van der Waals surface area contributed by atoms with Gasteiger partial charge in [0.25, 0.3) is 0 Å². The van der Waals surface area contributed by atoms with Crippen LogP contribution in [0, 0.1) is 18.3 Å². The summed E-state index contributed by atoms with van der Waals surface area (Å²) in [5.41, 5.74) is 1.57. The molecule has 0 aromatic heterocycles. The van der Waals surface area contributed by atoms with Gasteiger partial charge in [-0.1, -0.05) is 18.2 Å². The highest BCUT2D eigenvalue weighted by Crippen LogP contribution is 2.01. The number of aromatic carboxylic acids is 1. The lowest BCUT2D eigenvalue weighted by atomic mass is 10.2. The van der Waals surface area contributed by atoms with Gasteiger partial charge < -0.3 is 5.11 Å². The molecular formula is C13H11NO2. The highest BCUT2D eigenvalue weighted by molar-refractivity contribution is 5.87. The van der Waals surface area contributed by atoms with E-state index in [1.165, 1.54) is 12.1 Å². The van der Waals surface area contributed by atoms with E-state index in [1.807, 2.05) is 13.0 Å². The Morgan fingerprint density at radius 1 is 1.25 bits per heavy atom. The van der Waals surface area contributed by atoms with E-state index in [1.54, 1.807) is 30.3 Å². The number of nitrogens with zero attached hydrogens (tertiary/aromatic N) is 1. The molecule has 0 heterocycles. The van der Waals surface area contributed by atoms with Crippen molar-refractivity contribution in [2.75, 3.05) is 0 Å². The summed E-state index contributed by atoms with van der Waals surface area (Å²) in [6.45, 7) is 1.81. The highest BCUT2D eigenvalue weighted by atomic mass is 16.4. The normalized spacial score (nSPS) is 8.75. The van der Waals surface area contributed by atoms with Crippen molar-refractivity contribution >= 4 is 5.97 Å². The van der Waals surface area contributed by atoms with E-state index in [0.717, 1.165) is 5.56 Å². The molecule has 0 unspecified atom stereocenters. The molecule has 0 bridgehead atoms. The number of carboxylic acid groups (broad SMARTS) is 1. The van der Waals surface area contributed by atoms with Crippen molar-refractivity contribution in [1.29, 1.82) is 5.26 Å². The molecule has 0 atom stereocenters. The van der Waals surface area contributed by atoms with Crippen LogP contribution in [0.5, 0.6) is 0 Å². The maximum Gasteiger partial charge on any atom is 0.335 e. The van der Waals surface area contributed by atoms with Crippen molar-refractivity contribution in [2.24, 2.45) is 0 Å². The van der Waals surface area contributed by atoms with Gasteiger partial charge in [-0.15, -0.1) is 0 Å². The Morgan fingerprint density at radius 3 is 2.56 bits per heavy atom. The van der Waals surface area contributed by atoms with E-state index in [2.05, 4.69) is 0 Å². The van der Waals surface area contributed by atoms with Crippen molar-refractivity contribution in [2.45, 2.75) is 6.92 Å². The molecule has 0 amide bonds. The van der Waals surface area contributed by atoms with Crippen molar-refractivity contribution in [3.8, 4) is 6.07 Å². The third-order valence-electron chi connectivity index (χ3n) is 1.95. The molecule has 1 aromatic carbocycles. The van der Waals surface area contributed by atoms with Gasteiger partial charge in [-0.2, -0.15) is 5.26 Å². The smallest absolute Gasteiger partial charge is 0.335 e. The van der Waals surface area contributed by atoms with Gasteiger partial charge in [-0.25, -0.2) is 4.79 Å². The fourth-order valence-electron chi connectivity index (χ4n) is 1.15. The Morgan fingerprint density at radius 2 is 1.94 bits per heavy atom. The molecule has 0 radical (unpaired) electrons. The number of hydrogen-bond donors (Lipinski definition) is 1. The lowest BCUT2D eigenvalue weighted by molar-refractivity contribution is 0.0697. The second kappa shape index (κ2) is 5.52. The van der Waals surface area contributed by atoms with Crippen molar-refractivity contribution < 1.29 is 9.90 Å². The van der Waals surface area contributed by atoms with Gasteiger partial charge in [0.1, 0.15) is 0 Å². The Hall–Kier alpha value is -2.34. The van der Waals surface area contributed by atoms with Crippen molar-refractivity contribution in [3.63, 3.8) is 0 Å². The molecule has 0 fully saturated rings. The molecule has 0 spiro atoms. The highest BCUT2D eigenvalue weighted by Gasteiger charge is 1.96. The number of hydrogen-bond acceptors (Lipinski definition) is 2. The predicted molar refractivity (Wildman–Crippen MR) is 60.5 cm³/mol. The van der Waals surface area contributed by atoms with Gasteiger partial charge >= 0.3 is 5.97 Å². The summed E-state index contributed by atoms with van der Waals surface area (Å²) in [5.74, 6) is -0.973. The SMILES string of the molecule is Cc1ccc(C(=O)O)ccccc(C#N)c1. The van der Waals surface area contributed by atoms with Crippen molar-refractivity contribution in [1.82, 2.24) is 0 Å². The first kappa shape index (κ1) is 11.7. The molecule has 0 saturated carbocycles. The van der Waals surface area contributed by atoms with Gasteiger partial charge in [0, 0.05) is 0 Å². The minimum Gasteiger partial charge on any atom is -0.478 e. The van der Waals surface area contributed by atoms with Crippen LogP contribution < -0.4 is 0 Å². The third kappa shape index (κ3) is 3.43. The van der Waals surface area contributed by atoms with E-state index in [-0.39, 0.29) is 5.56 Å². The van der Waals surface area contributed by atoms with Crippen LogP contribution in [-0.2, 0) is 0 Å². The number of carboxylic acids is 1. The standard InChI is InChI=1S/C13H11NO2/c1-10-6-7-12(13(15)16)5-3-2-4-11(8-10)9-14/h2-8H,1H3,(H,15,16). The number of carbonyl (C=O) groups is 1. The first-order chi connectivity index (χ1) is 7.63. The molecule has 0 aliphatic rings. The minimum absolute atomic E-state index is 0.206. The topological polar surface area (TPSA) is 61.1 Å². The maximum absolute atomic E-state index is 10.8. The Bertz CT molecular complexity index is 500. The van der Waals surface area contributed by atoms with E-state index >= 15 is 0 Å². The van der Waals surface area contributed by atoms with Gasteiger partial charge in [0.15, 0.2) is 0 Å². The molecule has 3 heteroatoms. The minimum atomic E-state index is -0.973. The van der Waals surface area contributed by atoms with E-state index < -0.39 is 5.97 Å². The zero-order valence-electron chi connectivity index (χ0n) is 8.84. The number of rotatable bonds is 1. The zero-order valence-corrected chi connectivity index (χ0v) is 8.84. The predicted octanol–water partition coefficient (Wildman–Crippen LogP) is 2.69.